The first kappa shape index (κ1) is 12.9. The molecule has 1 aromatic carbocycles. The van der Waals surface area contributed by atoms with E-state index < -0.39 is 6.10 Å². The fourth-order valence-corrected chi connectivity index (χ4v) is 2.05. The van der Waals surface area contributed by atoms with Crippen molar-refractivity contribution in [3.8, 4) is 0 Å². The average molecular weight is 250 g/mol. The number of fused-ring (bicyclic) bond motifs is 1. The molecule has 0 aliphatic carbocycles. The van der Waals surface area contributed by atoms with E-state index in [1.165, 1.54) is 0 Å². The minimum absolute atomic E-state index is 0.350. The fourth-order valence-electron chi connectivity index (χ4n) is 2.05. The number of aliphatic hydroxyl groups is 1. The van der Waals surface area contributed by atoms with Gasteiger partial charge in [-0.3, -0.25) is 4.57 Å². The third-order valence-corrected chi connectivity index (χ3v) is 2.96. The first-order valence-corrected chi connectivity index (χ1v) is 6.18. The van der Waals surface area contributed by atoms with E-state index in [1.54, 1.807) is 10.6 Å². The highest BCUT2D eigenvalue weighted by atomic mass is 16.4. The van der Waals surface area contributed by atoms with Gasteiger partial charge in [-0.1, -0.05) is 13.0 Å². The van der Waals surface area contributed by atoms with Crippen molar-refractivity contribution in [2.24, 2.45) is 5.73 Å². The van der Waals surface area contributed by atoms with Crippen molar-refractivity contribution in [1.82, 2.24) is 4.57 Å². The molecule has 0 saturated heterocycles. The summed E-state index contributed by atoms with van der Waals surface area (Å²) in [6.45, 7) is 3.06. The van der Waals surface area contributed by atoms with Crippen molar-refractivity contribution in [1.29, 1.82) is 0 Å². The molecule has 0 aliphatic heterocycles. The first-order valence-electron chi connectivity index (χ1n) is 6.18. The summed E-state index contributed by atoms with van der Waals surface area (Å²) in [4.78, 5) is 11.6. The largest absolute Gasteiger partial charge is 0.419 e. The lowest BCUT2D eigenvalue weighted by Gasteiger charge is -2.09. The van der Waals surface area contributed by atoms with E-state index in [0.717, 1.165) is 17.5 Å². The van der Waals surface area contributed by atoms with Crippen molar-refractivity contribution < 1.29 is 9.52 Å². The number of hydrogen-bond acceptors (Lipinski definition) is 4. The molecule has 1 aromatic heterocycles. The van der Waals surface area contributed by atoms with Crippen LogP contribution in [0, 0.1) is 0 Å². The van der Waals surface area contributed by atoms with E-state index in [9.17, 15) is 9.90 Å². The standard InChI is InChI=1S/C13H18N2O3/c1-2-7-15-10-4-3-9(11(16)5-6-14)8-12(10)18-13(15)17/h3-4,8,11,16H,2,5-7,14H2,1H3. The second-order valence-corrected chi connectivity index (χ2v) is 4.34. The SMILES string of the molecule is CCCn1c(=O)oc2cc(C(O)CCN)ccc21. The van der Waals surface area contributed by atoms with Gasteiger partial charge in [0.2, 0.25) is 0 Å². The zero-order valence-electron chi connectivity index (χ0n) is 10.4. The molecule has 0 fully saturated rings. The maximum absolute atomic E-state index is 11.6. The van der Waals surface area contributed by atoms with Gasteiger partial charge < -0.3 is 15.3 Å². The van der Waals surface area contributed by atoms with Crippen molar-refractivity contribution >= 4 is 11.1 Å². The molecule has 1 unspecified atom stereocenters. The van der Waals surface area contributed by atoms with E-state index >= 15 is 0 Å². The highest BCUT2D eigenvalue weighted by molar-refractivity contribution is 5.73. The van der Waals surface area contributed by atoms with E-state index in [0.29, 0.717) is 25.1 Å². The molecule has 0 saturated carbocycles. The van der Waals surface area contributed by atoms with Crippen LogP contribution in [0.5, 0.6) is 0 Å². The van der Waals surface area contributed by atoms with Crippen molar-refractivity contribution in [3.05, 3.63) is 34.3 Å². The highest BCUT2D eigenvalue weighted by Gasteiger charge is 2.12. The molecule has 0 bridgehead atoms. The quantitative estimate of drug-likeness (QED) is 0.840. The van der Waals surface area contributed by atoms with Crippen molar-refractivity contribution in [2.45, 2.75) is 32.4 Å². The molecule has 3 N–H and O–H groups in total. The topological polar surface area (TPSA) is 81.4 Å². The minimum atomic E-state index is -0.612. The highest BCUT2D eigenvalue weighted by Crippen LogP contribution is 2.21. The Balaban J connectivity index is 2.44. The minimum Gasteiger partial charge on any atom is -0.408 e. The lowest BCUT2D eigenvalue weighted by molar-refractivity contribution is 0.170. The monoisotopic (exact) mass is 250 g/mol. The maximum atomic E-state index is 11.6. The van der Waals surface area contributed by atoms with Gasteiger partial charge in [0.25, 0.3) is 0 Å². The van der Waals surface area contributed by atoms with Gasteiger partial charge in [-0.05, 0) is 37.1 Å². The molecule has 0 aliphatic rings. The van der Waals surface area contributed by atoms with E-state index in [2.05, 4.69) is 0 Å². The number of rotatable bonds is 5. The van der Waals surface area contributed by atoms with Crippen LogP contribution in [0.4, 0.5) is 0 Å². The third kappa shape index (κ3) is 2.32. The second kappa shape index (κ2) is 5.37. The summed E-state index contributed by atoms with van der Waals surface area (Å²) < 4.78 is 6.79. The number of aromatic nitrogens is 1. The van der Waals surface area contributed by atoms with Crippen LogP contribution in [-0.2, 0) is 6.54 Å². The molecule has 2 aromatic rings. The fraction of sp³-hybridized carbons (Fsp3) is 0.462. The average Bonchev–Trinajstić information content (AvgIpc) is 2.66. The second-order valence-electron chi connectivity index (χ2n) is 4.34. The number of aliphatic hydroxyl groups excluding tert-OH is 1. The van der Waals surface area contributed by atoms with Crippen molar-refractivity contribution in [2.75, 3.05) is 6.54 Å². The van der Waals surface area contributed by atoms with E-state index in [-0.39, 0.29) is 5.76 Å². The molecule has 1 heterocycles. The molecule has 0 amide bonds. The predicted molar refractivity (Wildman–Crippen MR) is 69.4 cm³/mol. The van der Waals surface area contributed by atoms with Gasteiger partial charge in [0.1, 0.15) is 0 Å². The summed E-state index contributed by atoms with van der Waals surface area (Å²) in [5, 5.41) is 9.85. The van der Waals surface area contributed by atoms with Gasteiger partial charge >= 0.3 is 5.76 Å². The molecule has 0 radical (unpaired) electrons. The molecule has 18 heavy (non-hydrogen) atoms. The molecule has 5 nitrogen and oxygen atoms in total. The Kier molecular flexibility index (Phi) is 3.84. The molecule has 98 valence electrons. The predicted octanol–water partition coefficient (Wildman–Crippen LogP) is 1.39. The Hall–Kier alpha value is -1.59. The smallest absolute Gasteiger partial charge is 0.408 e. The number of nitrogens with zero attached hydrogens (tertiary/aromatic N) is 1. The van der Waals surface area contributed by atoms with Crippen LogP contribution < -0.4 is 11.5 Å². The molecular weight excluding hydrogens is 232 g/mol. The first-order chi connectivity index (χ1) is 8.67. The number of nitrogens with two attached hydrogens (primary N) is 1. The van der Waals surface area contributed by atoms with Gasteiger partial charge in [-0.2, -0.15) is 0 Å². The van der Waals surface area contributed by atoms with Crippen LogP contribution in [0.1, 0.15) is 31.4 Å². The molecule has 2 rings (SSSR count). The van der Waals surface area contributed by atoms with Gasteiger partial charge in [-0.25, -0.2) is 4.79 Å². The van der Waals surface area contributed by atoms with E-state index in [1.807, 2.05) is 19.1 Å². The summed E-state index contributed by atoms with van der Waals surface area (Å²) >= 11 is 0. The van der Waals surface area contributed by atoms with Gasteiger partial charge in [0.05, 0.1) is 11.6 Å². The number of oxazole rings is 1. The van der Waals surface area contributed by atoms with Gasteiger partial charge in [0, 0.05) is 6.54 Å². The van der Waals surface area contributed by atoms with Crippen LogP contribution in [0.25, 0.3) is 11.1 Å². The Bertz CT molecular complexity index is 585. The zero-order valence-corrected chi connectivity index (χ0v) is 10.4. The molecule has 1 atom stereocenters. The number of hydrogen-bond donors (Lipinski definition) is 2. The normalized spacial score (nSPS) is 13.1. The summed E-state index contributed by atoms with van der Waals surface area (Å²) in [6, 6.07) is 5.33. The Morgan fingerprint density at radius 2 is 2.28 bits per heavy atom. The Morgan fingerprint density at radius 3 is 2.94 bits per heavy atom. The number of aryl methyl sites for hydroxylation is 1. The molecule has 5 heteroatoms. The zero-order chi connectivity index (χ0) is 13.1. The molecule has 0 spiro atoms. The van der Waals surface area contributed by atoms with E-state index in [4.69, 9.17) is 10.2 Å². The lowest BCUT2D eigenvalue weighted by atomic mass is 10.1. The molecular formula is C13H18N2O3. The van der Waals surface area contributed by atoms with Crippen molar-refractivity contribution in [3.63, 3.8) is 0 Å². The summed E-state index contributed by atoms with van der Waals surface area (Å²) in [7, 11) is 0. The summed E-state index contributed by atoms with van der Waals surface area (Å²) in [5.74, 6) is -0.350. The third-order valence-electron chi connectivity index (χ3n) is 2.96. The van der Waals surface area contributed by atoms with Gasteiger partial charge in [-0.15, -0.1) is 0 Å². The van der Waals surface area contributed by atoms with Crippen LogP contribution in [0.15, 0.2) is 27.4 Å². The Morgan fingerprint density at radius 1 is 1.50 bits per heavy atom. The Labute approximate surface area is 105 Å². The van der Waals surface area contributed by atoms with Crippen LogP contribution in [0.2, 0.25) is 0 Å². The van der Waals surface area contributed by atoms with Gasteiger partial charge in [0.15, 0.2) is 5.58 Å². The summed E-state index contributed by atoms with van der Waals surface area (Å²) in [6.07, 6.45) is 0.747. The maximum Gasteiger partial charge on any atom is 0.419 e. The van der Waals surface area contributed by atoms with Crippen LogP contribution in [0.3, 0.4) is 0 Å². The lowest BCUT2D eigenvalue weighted by Crippen LogP contribution is -2.13. The number of benzene rings is 1. The summed E-state index contributed by atoms with van der Waals surface area (Å²) in [5.41, 5.74) is 7.42. The van der Waals surface area contributed by atoms with Crippen LogP contribution >= 0.6 is 0 Å². The van der Waals surface area contributed by atoms with Crippen LogP contribution in [-0.4, -0.2) is 16.2 Å².